The molecular weight excluding hydrogens is 262 g/mol. The Balaban J connectivity index is 1.87. The maximum atomic E-state index is 12.5. The van der Waals surface area contributed by atoms with E-state index in [0.29, 0.717) is 6.54 Å². The molecule has 4 nitrogen and oxygen atoms in total. The zero-order valence-electron chi connectivity index (χ0n) is 14.1. The minimum atomic E-state index is -0.622. The fourth-order valence-corrected chi connectivity index (χ4v) is 3.73. The SMILES string of the molecule is CC1CCCN(C(C)(C)CNC(=O)C2(N)CCCCC2)C1. The molecule has 3 N–H and O–H groups in total. The van der Waals surface area contributed by atoms with Crippen LogP contribution >= 0.6 is 0 Å². The van der Waals surface area contributed by atoms with Crippen molar-refractivity contribution in [3.05, 3.63) is 0 Å². The van der Waals surface area contributed by atoms with Crippen LogP contribution in [0.5, 0.6) is 0 Å². The van der Waals surface area contributed by atoms with Gasteiger partial charge < -0.3 is 11.1 Å². The van der Waals surface area contributed by atoms with E-state index >= 15 is 0 Å². The number of rotatable bonds is 4. The van der Waals surface area contributed by atoms with Gasteiger partial charge in [-0.25, -0.2) is 0 Å². The number of nitrogens with two attached hydrogens (primary N) is 1. The fraction of sp³-hybridized carbons (Fsp3) is 0.941. The van der Waals surface area contributed by atoms with Gasteiger partial charge in [0.25, 0.3) is 0 Å². The summed E-state index contributed by atoms with van der Waals surface area (Å²) < 4.78 is 0. The van der Waals surface area contributed by atoms with Crippen LogP contribution in [0.1, 0.15) is 65.7 Å². The number of nitrogens with zero attached hydrogens (tertiary/aromatic N) is 1. The van der Waals surface area contributed by atoms with Crippen LogP contribution in [0, 0.1) is 5.92 Å². The third kappa shape index (κ3) is 4.19. The molecule has 0 aromatic heterocycles. The molecule has 21 heavy (non-hydrogen) atoms. The molecule has 1 aliphatic heterocycles. The highest BCUT2D eigenvalue weighted by atomic mass is 16.2. The Morgan fingerprint density at radius 2 is 1.95 bits per heavy atom. The summed E-state index contributed by atoms with van der Waals surface area (Å²) in [6, 6.07) is 0. The van der Waals surface area contributed by atoms with E-state index in [-0.39, 0.29) is 11.4 Å². The summed E-state index contributed by atoms with van der Waals surface area (Å²) in [6.45, 7) is 9.75. The molecule has 1 heterocycles. The van der Waals surface area contributed by atoms with Crippen LogP contribution in [-0.2, 0) is 4.79 Å². The molecule has 2 aliphatic rings. The summed E-state index contributed by atoms with van der Waals surface area (Å²) in [5, 5.41) is 3.14. The van der Waals surface area contributed by atoms with E-state index in [0.717, 1.165) is 44.7 Å². The highest BCUT2D eigenvalue weighted by molar-refractivity contribution is 5.86. The molecule has 0 aromatic rings. The first-order valence-corrected chi connectivity index (χ1v) is 8.66. The molecule has 2 fully saturated rings. The van der Waals surface area contributed by atoms with E-state index in [1.807, 2.05) is 0 Å². The van der Waals surface area contributed by atoms with E-state index in [2.05, 4.69) is 31.0 Å². The van der Waals surface area contributed by atoms with Crippen molar-refractivity contribution in [3.63, 3.8) is 0 Å². The molecule has 1 saturated carbocycles. The average Bonchev–Trinajstić information content (AvgIpc) is 2.45. The molecular formula is C17H33N3O. The van der Waals surface area contributed by atoms with Gasteiger partial charge >= 0.3 is 0 Å². The molecule has 1 atom stereocenters. The van der Waals surface area contributed by atoms with Crippen molar-refractivity contribution in [1.82, 2.24) is 10.2 Å². The molecule has 1 amide bonds. The van der Waals surface area contributed by atoms with Crippen LogP contribution in [-0.4, -0.2) is 41.5 Å². The number of carbonyl (C=O) groups is 1. The van der Waals surface area contributed by atoms with Gasteiger partial charge in [-0.15, -0.1) is 0 Å². The van der Waals surface area contributed by atoms with Gasteiger partial charge in [0.05, 0.1) is 5.54 Å². The van der Waals surface area contributed by atoms with Crippen molar-refractivity contribution in [2.75, 3.05) is 19.6 Å². The first-order valence-electron chi connectivity index (χ1n) is 8.66. The van der Waals surface area contributed by atoms with Crippen molar-refractivity contribution in [1.29, 1.82) is 0 Å². The molecule has 1 saturated heterocycles. The first kappa shape index (κ1) is 16.8. The summed E-state index contributed by atoms with van der Waals surface area (Å²) in [6.07, 6.45) is 7.63. The van der Waals surface area contributed by atoms with Crippen molar-refractivity contribution in [2.45, 2.75) is 76.8 Å². The number of hydrogen-bond acceptors (Lipinski definition) is 3. The molecule has 0 bridgehead atoms. The smallest absolute Gasteiger partial charge is 0.240 e. The maximum absolute atomic E-state index is 12.5. The third-order valence-electron chi connectivity index (χ3n) is 5.39. The Kier molecular flexibility index (Phi) is 5.31. The lowest BCUT2D eigenvalue weighted by Crippen LogP contribution is -2.60. The number of carbonyl (C=O) groups excluding carboxylic acids is 1. The van der Waals surface area contributed by atoms with E-state index in [1.165, 1.54) is 19.3 Å². The van der Waals surface area contributed by atoms with Crippen LogP contribution in [0.3, 0.4) is 0 Å². The Morgan fingerprint density at radius 3 is 2.57 bits per heavy atom. The van der Waals surface area contributed by atoms with Gasteiger partial charge in [-0.1, -0.05) is 26.2 Å². The molecule has 1 unspecified atom stereocenters. The van der Waals surface area contributed by atoms with Gasteiger partial charge in [0.2, 0.25) is 5.91 Å². The number of nitrogens with one attached hydrogen (secondary N) is 1. The second kappa shape index (κ2) is 6.66. The minimum absolute atomic E-state index is 0.00929. The number of likely N-dealkylation sites (tertiary alicyclic amines) is 1. The van der Waals surface area contributed by atoms with Crippen molar-refractivity contribution in [3.8, 4) is 0 Å². The Hall–Kier alpha value is -0.610. The summed E-state index contributed by atoms with van der Waals surface area (Å²) >= 11 is 0. The predicted octanol–water partition coefficient (Wildman–Crippen LogP) is 2.27. The van der Waals surface area contributed by atoms with Gasteiger partial charge in [-0.2, -0.15) is 0 Å². The van der Waals surface area contributed by atoms with E-state index in [9.17, 15) is 4.79 Å². The zero-order chi connectivity index (χ0) is 15.5. The molecule has 122 valence electrons. The van der Waals surface area contributed by atoms with Gasteiger partial charge in [0.15, 0.2) is 0 Å². The van der Waals surface area contributed by atoms with E-state index in [4.69, 9.17) is 5.73 Å². The fourth-order valence-electron chi connectivity index (χ4n) is 3.73. The zero-order valence-corrected chi connectivity index (χ0v) is 14.1. The average molecular weight is 295 g/mol. The molecule has 0 spiro atoms. The van der Waals surface area contributed by atoms with Gasteiger partial charge in [0.1, 0.15) is 0 Å². The van der Waals surface area contributed by atoms with E-state index < -0.39 is 5.54 Å². The van der Waals surface area contributed by atoms with Crippen LogP contribution in [0.25, 0.3) is 0 Å². The Bertz CT molecular complexity index is 361. The molecule has 2 rings (SSSR count). The van der Waals surface area contributed by atoms with Gasteiger partial charge in [0, 0.05) is 18.6 Å². The van der Waals surface area contributed by atoms with Crippen LogP contribution in [0.15, 0.2) is 0 Å². The second-order valence-electron chi connectivity index (χ2n) is 7.91. The van der Waals surface area contributed by atoms with Crippen LogP contribution < -0.4 is 11.1 Å². The highest BCUT2D eigenvalue weighted by Crippen LogP contribution is 2.27. The molecule has 0 radical (unpaired) electrons. The van der Waals surface area contributed by atoms with Crippen molar-refractivity contribution < 1.29 is 4.79 Å². The summed E-state index contributed by atoms with van der Waals surface area (Å²) in [5.41, 5.74) is 5.69. The van der Waals surface area contributed by atoms with Crippen LogP contribution in [0.2, 0.25) is 0 Å². The lowest BCUT2D eigenvalue weighted by atomic mass is 9.81. The quantitative estimate of drug-likeness (QED) is 0.836. The first-order chi connectivity index (χ1) is 9.83. The molecule has 1 aliphatic carbocycles. The molecule has 0 aromatic carbocycles. The normalized spacial score (nSPS) is 27.3. The monoisotopic (exact) mass is 295 g/mol. The lowest BCUT2D eigenvalue weighted by molar-refractivity contribution is -0.128. The Morgan fingerprint density at radius 1 is 1.29 bits per heavy atom. The number of amides is 1. The summed E-state index contributed by atoms with van der Waals surface area (Å²) in [7, 11) is 0. The standard InChI is InChI=1S/C17H33N3O/c1-14-8-7-11-20(12-14)16(2,3)13-19-15(21)17(18)9-5-4-6-10-17/h14H,4-13,18H2,1-3H3,(H,19,21). The van der Waals surface area contributed by atoms with Crippen LogP contribution in [0.4, 0.5) is 0 Å². The third-order valence-corrected chi connectivity index (χ3v) is 5.39. The molecule has 4 heteroatoms. The summed E-state index contributed by atoms with van der Waals surface area (Å²) in [4.78, 5) is 15.0. The van der Waals surface area contributed by atoms with Crippen molar-refractivity contribution >= 4 is 5.91 Å². The number of piperidine rings is 1. The largest absolute Gasteiger partial charge is 0.353 e. The van der Waals surface area contributed by atoms with Gasteiger partial charge in [-0.3, -0.25) is 9.69 Å². The lowest BCUT2D eigenvalue weighted by Gasteiger charge is -2.43. The van der Waals surface area contributed by atoms with Crippen molar-refractivity contribution in [2.24, 2.45) is 11.7 Å². The highest BCUT2D eigenvalue weighted by Gasteiger charge is 2.37. The summed E-state index contributed by atoms with van der Waals surface area (Å²) in [5.74, 6) is 0.813. The topological polar surface area (TPSA) is 58.4 Å². The predicted molar refractivity (Wildman–Crippen MR) is 87.1 cm³/mol. The minimum Gasteiger partial charge on any atom is -0.353 e. The number of hydrogen-bond donors (Lipinski definition) is 2. The Labute approximate surface area is 129 Å². The van der Waals surface area contributed by atoms with E-state index in [1.54, 1.807) is 0 Å². The van der Waals surface area contributed by atoms with Gasteiger partial charge in [-0.05, 0) is 52.0 Å². The maximum Gasteiger partial charge on any atom is 0.240 e. The second-order valence-corrected chi connectivity index (χ2v) is 7.91.